The summed E-state index contributed by atoms with van der Waals surface area (Å²) in [5, 5.41) is 6.52. The molecule has 7 heteroatoms. The smallest absolute Gasteiger partial charge is 0.276 e. The van der Waals surface area contributed by atoms with Crippen molar-refractivity contribution in [3.63, 3.8) is 0 Å². The van der Waals surface area contributed by atoms with Gasteiger partial charge in [-0.1, -0.05) is 30.3 Å². The van der Waals surface area contributed by atoms with Gasteiger partial charge in [-0.2, -0.15) is 4.37 Å². The van der Waals surface area contributed by atoms with Gasteiger partial charge in [0.15, 0.2) is 0 Å². The molecule has 0 bridgehead atoms. The molecule has 138 valence electrons. The molecule has 1 fully saturated rings. The predicted molar refractivity (Wildman–Crippen MR) is 105 cm³/mol. The fourth-order valence-electron chi connectivity index (χ4n) is 3.13. The predicted octanol–water partition coefficient (Wildman–Crippen LogP) is 3.46. The van der Waals surface area contributed by atoms with Crippen LogP contribution in [0, 0.1) is 0 Å². The second-order valence-corrected chi connectivity index (χ2v) is 7.18. The number of fused-ring (bicyclic) bond motifs is 1. The van der Waals surface area contributed by atoms with E-state index in [2.05, 4.69) is 15.0 Å². The summed E-state index contributed by atoms with van der Waals surface area (Å²) in [5.74, 6) is -0.559. The highest BCUT2D eigenvalue weighted by Crippen LogP contribution is 2.24. The zero-order valence-electron chi connectivity index (χ0n) is 14.6. The summed E-state index contributed by atoms with van der Waals surface area (Å²) in [6, 6.07) is 14.5. The Bertz CT molecular complexity index is 979. The van der Waals surface area contributed by atoms with Crippen LogP contribution in [0.1, 0.15) is 33.7 Å². The van der Waals surface area contributed by atoms with Crippen LogP contribution < -0.4 is 10.6 Å². The molecule has 1 atom stereocenters. The van der Waals surface area contributed by atoms with Crippen LogP contribution in [0.4, 0.5) is 5.69 Å². The van der Waals surface area contributed by atoms with Crippen molar-refractivity contribution >= 4 is 39.1 Å². The van der Waals surface area contributed by atoms with Crippen LogP contribution in [0.2, 0.25) is 0 Å². The lowest BCUT2D eigenvalue weighted by Crippen LogP contribution is -2.32. The SMILES string of the molecule is O=C(NCC1CCCO1)c1ccccc1NC(=O)c1nsc2ccccc12. The van der Waals surface area contributed by atoms with E-state index in [1.807, 2.05) is 24.3 Å². The van der Waals surface area contributed by atoms with Gasteiger partial charge in [-0.15, -0.1) is 0 Å². The van der Waals surface area contributed by atoms with Crippen LogP contribution in [-0.4, -0.2) is 35.4 Å². The molecule has 2 heterocycles. The number of hydrogen-bond donors (Lipinski definition) is 2. The number of rotatable bonds is 5. The molecule has 2 aromatic carbocycles. The number of para-hydroxylation sites is 1. The minimum atomic E-state index is -0.327. The van der Waals surface area contributed by atoms with E-state index in [0.717, 1.165) is 29.5 Å². The third-order valence-corrected chi connectivity index (χ3v) is 5.35. The second-order valence-electron chi connectivity index (χ2n) is 6.37. The topological polar surface area (TPSA) is 80.3 Å². The maximum absolute atomic E-state index is 12.7. The molecule has 27 heavy (non-hydrogen) atoms. The fourth-order valence-corrected chi connectivity index (χ4v) is 3.90. The molecule has 2 N–H and O–H groups in total. The van der Waals surface area contributed by atoms with Gasteiger partial charge in [0.25, 0.3) is 11.8 Å². The number of hydrogen-bond acceptors (Lipinski definition) is 5. The molecule has 2 amide bonds. The number of anilines is 1. The molecule has 6 nitrogen and oxygen atoms in total. The lowest BCUT2D eigenvalue weighted by atomic mass is 10.1. The zero-order valence-corrected chi connectivity index (χ0v) is 15.4. The van der Waals surface area contributed by atoms with Crippen molar-refractivity contribution in [3.05, 3.63) is 59.8 Å². The first kappa shape index (κ1) is 17.6. The molecule has 3 aromatic rings. The Labute approximate surface area is 160 Å². The summed E-state index contributed by atoms with van der Waals surface area (Å²) in [6.45, 7) is 1.21. The van der Waals surface area contributed by atoms with Gasteiger partial charge in [-0.05, 0) is 42.6 Å². The Kier molecular flexibility index (Phi) is 5.13. The van der Waals surface area contributed by atoms with Gasteiger partial charge in [-0.3, -0.25) is 9.59 Å². The maximum Gasteiger partial charge on any atom is 0.276 e. The number of carbonyl (C=O) groups is 2. The average Bonchev–Trinajstić information content (AvgIpc) is 3.36. The summed E-state index contributed by atoms with van der Waals surface area (Å²) in [6.07, 6.45) is 2.04. The van der Waals surface area contributed by atoms with Gasteiger partial charge in [0.2, 0.25) is 0 Å². The molecule has 1 saturated heterocycles. The van der Waals surface area contributed by atoms with E-state index >= 15 is 0 Å². The molecular formula is C20H19N3O3S. The van der Waals surface area contributed by atoms with Gasteiger partial charge in [0.05, 0.1) is 22.1 Å². The van der Waals surface area contributed by atoms with Crippen molar-refractivity contribution in [2.75, 3.05) is 18.5 Å². The third-order valence-electron chi connectivity index (χ3n) is 4.53. The molecule has 1 aliphatic heterocycles. The monoisotopic (exact) mass is 381 g/mol. The number of benzene rings is 2. The van der Waals surface area contributed by atoms with Crippen molar-refractivity contribution in [1.29, 1.82) is 0 Å². The van der Waals surface area contributed by atoms with Crippen LogP contribution in [0.5, 0.6) is 0 Å². The Balaban J connectivity index is 1.50. The fraction of sp³-hybridized carbons (Fsp3) is 0.250. The summed E-state index contributed by atoms with van der Waals surface area (Å²) < 4.78 is 10.7. The highest BCUT2D eigenvalue weighted by Gasteiger charge is 2.20. The molecule has 0 spiro atoms. The van der Waals surface area contributed by atoms with Crippen LogP contribution in [0.15, 0.2) is 48.5 Å². The van der Waals surface area contributed by atoms with Crippen LogP contribution >= 0.6 is 11.5 Å². The number of nitrogens with zero attached hydrogens (tertiary/aromatic N) is 1. The summed E-state index contributed by atoms with van der Waals surface area (Å²) in [4.78, 5) is 25.3. The van der Waals surface area contributed by atoms with E-state index in [1.54, 1.807) is 24.3 Å². The van der Waals surface area contributed by atoms with Gasteiger partial charge in [0.1, 0.15) is 5.69 Å². The summed E-state index contributed by atoms with van der Waals surface area (Å²) >= 11 is 1.28. The van der Waals surface area contributed by atoms with Gasteiger partial charge in [-0.25, -0.2) is 0 Å². The van der Waals surface area contributed by atoms with Gasteiger partial charge < -0.3 is 15.4 Å². The normalized spacial score (nSPS) is 16.4. The molecule has 1 aromatic heterocycles. The minimum absolute atomic E-state index is 0.0667. The Morgan fingerprint density at radius 2 is 1.93 bits per heavy atom. The molecule has 0 saturated carbocycles. The van der Waals surface area contributed by atoms with E-state index in [-0.39, 0.29) is 17.9 Å². The van der Waals surface area contributed by atoms with Crippen LogP contribution in [-0.2, 0) is 4.74 Å². The highest BCUT2D eigenvalue weighted by atomic mass is 32.1. The van der Waals surface area contributed by atoms with Crippen molar-refractivity contribution in [1.82, 2.24) is 9.69 Å². The average molecular weight is 381 g/mol. The molecular weight excluding hydrogens is 362 g/mol. The van der Waals surface area contributed by atoms with E-state index < -0.39 is 0 Å². The number of amides is 2. The van der Waals surface area contributed by atoms with Crippen molar-refractivity contribution in [2.24, 2.45) is 0 Å². The first-order valence-electron chi connectivity index (χ1n) is 8.87. The lowest BCUT2D eigenvalue weighted by molar-refractivity contribution is 0.0858. The van der Waals surface area contributed by atoms with E-state index in [9.17, 15) is 9.59 Å². The van der Waals surface area contributed by atoms with Crippen LogP contribution in [0.3, 0.4) is 0 Å². The van der Waals surface area contributed by atoms with E-state index in [4.69, 9.17) is 4.74 Å². The van der Waals surface area contributed by atoms with Crippen molar-refractivity contribution < 1.29 is 14.3 Å². The number of carbonyl (C=O) groups excluding carboxylic acids is 2. The molecule has 4 rings (SSSR count). The van der Waals surface area contributed by atoms with E-state index in [1.165, 1.54) is 11.5 Å². The third kappa shape index (κ3) is 3.84. The van der Waals surface area contributed by atoms with Gasteiger partial charge >= 0.3 is 0 Å². The standard InChI is InChI=1S/C20H19N3O3S/c24-19(21-12-13-6-5-11-26-13)14-7-1-3-9-16(14)22-20(25)18-15-8-2-4-10-17(15)27-23-18/h1-4,7-10,13H,5-6,11-12H2,(H,21,24)(H,22,25). The van der Waals surface area contributed by atoms with Gasteiger partial charge in [0, 0.05) is 18.5 Å². The summed E-state index contributed by atoms with van der Waals surface area (Å²) in [5.41, 5.74) is 1.25. The maximum atomic E-state index is 12.7. The quantitative estimate of drug-likeness (QED) is 0.709. The van der Waals surface area contributed by atoms with Crippen molar-refractivity contribution in [2.45, 2.75) is 18.9 Å². The molecule has 1 aliphatic rings. The largest absolute Gasteiger partial charge is 0.376 e. The number of ether oxygens (including phenoxy) is 1. The Morgan fingerprint density at radius 1 is 1.11 bits per heavy atom. The second kappa shape index (κ2) is 7.85. The first-order chi connectivity index (χ1) is 13.2. The van der Waals surface area contributed by atoms with Crippen LogP contribution in [0.25, 0.3) is 10.1 Å². The minimum Gasteiger partial charge on any atom is -0.376 e. The highest BCUT2D eigenvalue weighted by molar-refractivity contribution is 7.13. The van der Waals surface area contributed by atoms with E-state index in [0.29, 0.717) is 23.5 Å². The summed E-state index contributed by atoms with van der Waals surface area (Å²) in [7, 11) is 0. The first-order valence-corrected chi connectivity index (χ1v) is 9.64. The molecule has 0 radical (unpaired) electrons. The zero-order chi connectivity index (χ0) is 18.6. The number of aromatic nitrogens is 1. The lowest BCUT2D eigenvalue weighted by Gasteiger charge is -2.13. The molecule has 0 aliphatic carbocycles. The van der Waals surface area contributed by atoms with Crippen molar-refractivity contribution in [3.8, 4) is 0 Å². The Morgan fingerprint density at radius 3 is 2.78 bits per heavy atom. The number of nitrogens with one attached hydrogen (secondary N) is 2. The Hall–Kier alpha value is -2.77. The molecule has 1 unspecified atom stereocenters.